The van der Waals surface area contributed by atoms with E-state index in [-0.39, 0.29) is 12.5 Å². The summed E-state index contributed by atoms with van der Waals surface area (Å²) in [4.78, 5) is 16.4. The number of ether oxygens (including phenoxy) is 2. The third-order valence-corrected chi connectivity index (χ3v) is 4.34. The van der Waals surface area contributed by atoms with Crippen LogP contribution in [0.25, 0.3) is 0 Å². The van der Waals surface area contributed by atoms with Gasteiger partial charge in [-0.15, -0.1) is 0 Å². The lowest BCUT2D eigenvalue weighted by Gasteiger charge is -2.37. The summed E-state index contributed by atoms with van der Waals surface area (Å²) >= 11 is 5.22. The minimum Gasteiger partial charge on any atom is -0.485 e. The molecule has 2 aliphatic rings. The average Bonchev–Trinajstić information content (AvgIpc) is 2.60. The summed E-state index contributed by atoms with van der Waals surface area (Å²) in [5.74, 6) is 1.29. The first kappa shape index (κ1) is 14.9. The zero-order chi connectivity index (χ0) is 15.5. The number of hydrogen-bond donors (Lipinski definition) is 1. The fourth-order valence-corrected chi connectivity index (χ4v) is 2.82. The second kappa shape index (κ2) is 6.39. The largest absolute Gasteiger partial charge is 0.485 e. The molecule has 1 aromatic carbocycles. The summed E-state index contributed by atoms with van der Waals surface area (Å²) in [6, 6.07) is 7.41. The summed E-state index contributed by atoms with van der Waals surface area (Å²) in [5.41, 5.74) is 0. The van der Waals surface area contributed by atoms with E-state index in [4.69, 9.17) is 21.7 Å². The van der Waals surface area contributed by atoms with Gasteiger partial charge in [0, 0.05) is 33.2 Å². The molecule has 0 unspecified atom stereocenters. The minimum absolute atomic E-state index is 0.0236. The maximum atomic E-state index is 12.6. The summed E-state index contributed by atoms with van der Waals surface area (Å²) in [7, 11) is 1.81. The highest BCUT2D eigenvalue weighted by Crippen LogP contribution is 2.31. The van der Waals surface area contributed by atoms with E-state index < -0.39 is 6.10 Å². The van der Waals surface area contributed by atoms with Crippen LogP contribution in [0.2, 0.25) is 0 Å². The van der Waals surface area contributed by atoms with Crippen molar-refractivity contribution in [1.82, 2.24) is 15.1 Å². The molecule has 0 radical (unpaired) electrons. The van der Waals surface area contributed by atoms with Crippen LogP contribution in [0.15, 0.2) is 24.3 Å². The van der Waals surface area contributed by atoms with Gasteiger partial charge in [0.25, 0.3) is 5.91 Å². The van der Waals surface area contributed by atoms with E-state index in [1.165, 1.54) is 0 Å². The number of rotatable bonds is 1. The number of nitrogens with zero attached hydrogens (tertiary/aromatic N) is 2. The second-order valence-electron chi connectivity index (χ2n) is 5.23. The summed E-state index contributed by atoms with van der Waals surface area (Å²) in [6.45, 7) is 3.00. The van der Waals surface area contributed by atoms with Gasteiger partial charge in [-0.2, -0.15) is 0 Å². The number of fused-ring (bicyclic) bond motifs is 1. The predicted molar refractivity (Wildman–Crippen MR) is 86.2 cm³/mol. The molecule has 1 fully saturated rings. The van der Waals surface area contributed by atoms with Crippen molar-refractivity contribution < 1.29 is 14.3 Å². The van der Waals surface area contributed by atoms with Crippen LogP contribution >= 0.6 is 12.2 Å². The maximum absolute atomic E-state index is 12.6. The Balaban J connectivity index is 1.58. The zero-order valence-electron chi connectivity index (χ0n) is 12.4. The number of thiocarbonyl (C=S) groups is 1. The van der Waals surface area contributed by atoms with Gasteiger partial charge in [-0.3, -0.25) is 4.79 Å². The summed E-state index contributed by atoms with van der Waals surface area (Å²) in [5, 5.41) is 3.68. The standard InChI is InChI=1S/C15H19N3O3S/c1-16-15(22)18-8-6-17(7-9-18)14(19)13-10-20-11-4-2-3-5-12(11)21-13/h2-5,13H,6-10H2,1H3,(H,16,22)/t13-/m1/s1. The van der Waals surface area contributed by atoms with Crippen LogP contribution in [0.5, 0.6) is 11.5 Å². The molecule has 7 heteroatoms. The predicted octanol–water partition coefficient (Wildman–Crippen LogP) is 0.475. The topological polar surface area (TPSA) is 54.0 Å². The molecule has 1 aromatic rings. The number of amides is 1. The quantitative estimate of drug-likeness (QED) is 0.759. The Labute approximate surface area is 135 Å². The van der Waals surface area contributed by atoms with Gasteiger partial charge in [0.15, 0.2) is 16.6 Å². The second-order valence-corrected chi connectivity index (χ2v) is 5.62. The molecule has 1 saturated heterocycles. The molecule has 3 rings (SSSR count). The Kier molecular flexibility index (Phi) is 4.33. The molecule has 1 N–H and O–H groups in total. The van der Waals surface area contributed by atoms with Crippen molar-refractivity contribution in [2.24, 2.45) is 0 Å². The molecule has 2 heterocycles. The zero-order valence-corrected chi connectivity index (χ0v) is 13.3. The molecule has 118 valence electrons. The van der Waals surface area contributed by atoms with E-state index in [1.54, 1.807) is 0 Å². The molecule has 0 aromatic heterocycles. The van der Waals surface area contributed by atoms with Crippen molar-refractivity contribution in [3.63, 3.8) is 0 Å². The number of para-hydroxylation sites is 2. The molecule has 1 amide bonds. The average molecular weight is 321 g/mol. The molecule has 22 heavy (non-hydrogen) atoms. The minimum atomic E-state index is -0.572. The number of benzene rings is 1. The molecule has 2 aliphatic heterocycles. The maximum Gasteiger partial charge on any atom is 0.267 e. The van der Waals surface area contributed by atoms with Gasteiger partial charge in [-0.05, 0) is 24.4 Å². The highest BCUT2D eigenvalue weighted by molar-refractivity contribution is 7.80. The van der Waals surface area contributed by atoms with Crippen LogP contribution in [0.4, 0.5) is 0 Å². The lowest BCUT2D eigenvalue weighted by atomic mass is 10.2. The number of hydrogen-bond acceptors (Lipinski definition) is 4. The normalized spacial score (nSPS) is 20.5. The highest BCUT2D eigenvalue weighted by Gasteiger charge is 2.32. The van der Waals surface area contributed by atoms with Gasteiger partial charge >= 0.3 is 0 Å². The molecule has 0 bridgehead atoms. The van der Waals surface area contributed by atoms with Crippen molar-refractivity contribution >= 4 is 23.2 Å². The number of nitrogens with one attached hydrogen (secondary N) is 1. The molecule has 0 aliphatic carbocycles. The summed E-state index contributed by atoms with van der Waals surface area (Å²) in [6.07, 6.45) is -0.572. The third kappa shape index (κ3) is 2.94. The third-order valence-electron chi connectivity index (χ3n) is 3.88. The van der Waals surface area contributed by atoms with E-state index >= 15 is 0 Å². The van der Waals surface area contributed by atoms with Crippen LogP contribution in [-0.2, 0) is 4.79 Å². The van der Waals surface area contributed by atoms with E-state index in [2.05, 4.69) is 10.2 Å². The van der Waals surface area contributed by atoms with Gasteiger partial charge in [-0.1, -0.05) is 12.1 Å². The Bertz CT molecular complexity index is 573. The van der Waals surface area contributed by atoms with Crippen LogP contribution in [0.3, 0.4) is 0 Å². The lowest BCUT2D eigenvalue weighted by molar-refractivity contribution is -0.142. The van der Waals surface area contributed by atoms with Crippen LogP contribution in [-0.4, -0.2) is 66.8 Å². The molecular formula is C15H19N3O3S. The first-order valence-electron chi connectivity index (χ1n) is 7.33. The van der Waals surface area contributed by atoms with E-state index in [9.17, 15) is 4.79 Å². The number of carbonyl (C=O) groups is 1. The molecule has 6 nitrogen and oxygen atoms in total. The van der Waals surface area contributed by atoms with E-state index in [1.807, 2.05) is 36.2 Å². The smallest absolute Gasteiger partial charge is 0.267 e. The Hall–Kier alpha value is -2.02. The fourth-order valence-electron chi connectivity index (χ4n) is 2.63. The lowest BCUT2D eigenvalue weighted by Crippen LogP contribution is -2.56. The number of piperazine rings is 1. The van der Waals surface area contributed by atoms with Gasteiger partial charge in [-0.25, -0.2) is 0 Å². The van der Waals surface area contributed by atoms with Gasteiger partial charge in [0.1, 0.15) is 6.61 Å². The first-order chi connectivity index (χ1) is 10.7. The molecule has 0 spiro atoms. The monoisotopic (exact) mass is 321 g/mol. The Morgan fingerprint density at radius 1 is 1.18 bits per heavy atom. The van der Waals surface area contributed by atoms with Crippen molar-refractivity contribution in [2.45, 2.75) is 6.10 Å². The van der Waals surface area contributed by atoms with Gasteiger partial charge < -0.3 is 24.6 Å². The van der Waals surface area contributed by atoms with Crippen LogP contribution in [0.1, 0.15) is 0 Å². The fraction of sp³-hybridized carbons (Fsp3) is 0.467. The highest BCUT2D eigenvalue weighted by atomic mass is 32.1. The summed E-state index contributed by atoms with van der Waals surface area (Å²) < 4.78 is 11.4. The molecule has 0 saturated carbocycles. The Morgan fingerprint density at radius 3 is 2.50 bits per heavy atom. The van der Waals surface area contributed by atoms with E-state index in [0.29, 0.717) is 24.6 Å². The van der Waals surface area contributed by atoms with Crippen molar-refractivity contribution in [3.05, 3.63) is 24.3 Å². The number of carbonyl (C=O) groups excluding carboxylic acids is 1. The van der Waals surface area contributed by atoms with Crippen LogP contribution < -0.4 is 14.8 Å². The Morgan fingerprint density at radius 2 is 1.82 bits per heavy atom. The molecular weight excluding hydrogens is 302 g/mol. The van der Waals surface area contributed by atoms with Crippen LogP contribution in [0, 0.1) is 0 Å². The SMILES string of the molecule is CNC(=S)N1CCN(C(=O)[C@H]2COc3ccccc3O2)CC1. The van der Waals surface area contributed by atoms with E-state index in [0.717, 1.165) is 18.2 Å². The van der Waals surface area contributed by atoms with Gasteiger partial charge in [0.05, 0.1) is 0 Å². The molecule has 1 atom stereocenters. The van der Waals surface area contributed by atoms with Crippen molar-refractivity contribution in [1.29, 1.82) is 0 Å². The van der Waals surface area contributed by atoms with Crippen molar-refractivity contribution in [2.75, 3.05) is 39.8 Å². The van der Waals surface area contributed by atoms with Crippen molar-refractivity contribution in [3.8, 4) is 11.5 Å². The van der Waals surface area contributed by atoms with Gasteiger partial charge in [0.2, 0.25) is 6.10 Å². The first-order valence-corrected chi connectivity index (χ1v) is 7.74.